The SMILES string of the molecule is Cc1onc(-c2c(Cl)cccc2Cl)c1C(=O)Nc1sc2c(c1C(N)=O)CC[C@@H](C(C)(C)C)C2. The van der Waals surface area contributed by atoms with Gasteiger partial charge in [-0.15, -0.1) is 11.3 Å². The number of carbonyl (C=O) groups excluding carboxylic acids is 2. The van der Waals surface area contributed by atoms with Gasteiger partial charge in [0.2, 0.25) is 0 Å². The molecule has 1 aliphatic rings. The zero-order chi connectivity index (χ0) is 24.1. The van der Waals surface area contributed by atoms with Crippen molar-refractivity contribution in [1.82, 2.24) is 5.16 Å². The molecule has 0 fully saturated rings. The van der Waals surface area contributed by atoms with Gasteiger partial charge in [-0.2, -0.15) is 0 Å². The molecule has 9 heteroatoms. The highest BCUT2D eigenvalue weighted by Gasteiger charge is 2.34. The number of benzene rings is 1. The summed E-state index contributed by atoms with van der Waals surface area (Å²) < 4.78 is 5.31. The van der Waals surface area contributed by atoms with E-state index in [1.165, 1.54) is 11.3 Å². The lowest BCUT2D eigenvalue weighted by Crippen LogP contribution is -2.27. The third-order valence-electron chi connectivity index (χ3n) is 6.25. The molecule has 0 radical (unpaired) electrons. The minimum atomic E-state index is -0.548. The van der Waals surface area contributed by atoms with Gasteiger partial charge in [-0.05, 0) is 55.2 Å². The Kier molecular flexibility index (Phi) is 6.33. The lowest BCUT2D eigenvalue weighted by Gasteiger charge is -2.33. The van der Waals surface area contributed by atoms with Gasteiger partial charge in [0.25, 0.3) is 11.8 Å². The zero-order valence-electron chi connectivity index (χ0n) is 18.8. The molecule has 0 unspecified atom stereocenters. The van der Waals surface area contributed by atoms with E-state index in [1.54, 1.807) is 25.1 Å². The van der Waals surface area contributed by atoms with Crippen molar-refractivity contribution in [2.24, 2.45) is 17.1 Å². The number of rotatable bonds is 4. The quantitative estimate of drug-likeness (QED) is 0.421. The highest BCUT2D eigenvalue weighted by atomic mass is 35.5. The van der Waals surface area contributed by atoms with Crippen molar-refractivity contribution in [3.05, 3.63) is 55.6 Å². The Hall–Kier alpha value is -2.35. The smallest absolute Gasteiger partial charge is 0.262 e. The van der Waals surface area contributed by atoms with E-state index < -0.39 is 11.8 Å². The molecule has 0 spiro atoms. The monoisotopic (exact) mass is 505 g/mol. The summed E-state index contributed by atoms with van der Waals surface area (Å²) in [4.78, 5) is 26.8. The average molecular weight is 506 g/mol. The number of anilines is 1. The Morgan fingerprint density at radius 2 is 1.88 bits per heavy atom. The van der Waals surface area contributed by atoms with Crippen LogP contribution in [0.4, 0.5) is 5.00 Å². The largest absolute Gasteiger partial charge is 0.365 e. The van der Waals surface area contributed by atoms with Gasteiger partial charge in [0.15, 0.2) is 0 Å². The molecular formula is C24H25Cl2N3O3S. The van der Waals surface area contributed by atoms with Crippen molar-refractivity contribution in [2.45, 2.75) is 47.0 Å². The fourth-order valence-corrected chi connectivity index (χ4v) is 6.28. The molecule has 0 saturated heterocycles. The molecule has 1 atom stereocenters. The van der Waals surface area contributed by atoms with E-state index in [-0.39, 0.29) is 16.7 Å². The number of aryl methyl sites for hydroxylation is 1. The molecule has 1 aliphatic carbocycles. The number of aromatic nitrogens is 1. The van der Waals surface area contributed by atoms with Crippen molar-refractivity contribution < 1.29 is 14.1 Å². The van der Waals surface area contributed by atoms with Crippen LogP contribution in [0, 0.1) is 18.3 Å². The van der Waals surface area contributed by atoms with Crippen LogP contribution in [0.1, 0.15) is 64.1 Å². The third kappa shape index (κ3) is 4.42. The highest BCUT2D eigenvalue weighted by molar-refractivity contribution is 7.17. The first-order chi connectivity index (χ1) is 15.5. The van der Waals surface area contributed by atoms with Crippen LogP contribution in [-0.4, -0.2) is 17.0 Å². The highest BCUT2D eigenvalue weighted by Crippen LogP contribution is 2.44. The normalized spacial score (nSPS) is 15.9. The number of primary amides is 1. The summed E-state index contributed by atoms with van der Waals surface area (Å²) in [5.41, 5.74) is 8.09. The maximum absolute atomic E-state index is 13.4. The molecular weight excluding hydrogens is 481 g/mol. The van der Waals surface area contributed by atoms with Crippen molar-refractivity contribution in [2.75, 3.05) is 5.32 Å². The minimum absolute atomic E-state index is 0.153. The zero-order valence-corrected chi connectivity index (χ0v) is 21.2. The van der Waals surface area contributed by atoms with Gasteiger partial charge >= 0.3 is 0 Å². The summed E-state index contributed by atoms with van der Waals surface area (Å²) in [6, 6.07) is 5.04. The third-order valence-corrected chi connectivity index (χ3v) is 8.05. The van der Waals surface area contributed by atoms with Crippen LogP contribution < -0.4 is 11.1 Å². The molecule has 6 nitrogen and oxygen atoms in total. The Morgan fingerprint density at radius 3 is 2.48 bits per heavy atom. The van der Waals surface area contributed by atoms with Crippen LogP contribution in [0.25, 0.3) is 11.3 Å². The summed E-state index contributed by atoms with van der Waals surface area (Å²) >= 11 is 14.1. The molecule has 4 rings (SSSR count). The Balaban J connectivity index is 1.72. The lowest BCUT2D eigenvalue weighted by molar-refractivity contribution is 0.1000. The van der Waals surface area contributed by atoms with E-state index in [2.05, 4.69) is 31.2 Å². The second-order valence-corrected chi connectivity index (χ2v) is 11.3. The van der Waals surface area contributed by atoms with Crippen molar-refractivity contribution in [3.63, 3.8) is 0 Å². The number of hydrogen-bond donors (Lipinski definition) is 2. The molecule has 0 bridgehead atoms. The molecule has 2 amide bonds. The molecule has 33 heavy (non-hydrogen) atoms. The number of fused-ring (bicyclic) bond motifs is 1. The first kappa shape index (κ1) is 23.8. The van der Waals surface area contributed by atoms with Gasteiger partial charge in [0, 0.05) is 10.4 Å². The van der Waals surface area contributed by atoms with Crippen LogP contribution >= 0.6 is 34.5 Å². The fraction of sp³-hybridized carbons (Fsp3) is 0.375. The van der Waals surface area contributed by atoms with Gasteiger partial charge in [-0.25, -0.2) is 0 Å². The number of halogens is 2. The Labute approximate surface area is 206 Å². The summed E-state index contributed by atoms with van der Waals surface area (Å²) in [6.07, 6.45) is 2.59. The van der Waals surface area contributed by atoms with E-state index in [0.717, 1.165) is 29.7 Å². The van der Waals surface area contributed by atoms with E-state index in [1.807, 2.05) is 0 Å². The molecule has 3 aromatic rings. The maximum Gasteiger partial charge on any atom is 0.262 e. The molecule has 0 saturated carbocycles. The Bertz CT molecular complexity index is 1240. The topological polar surface area (TPSA) is 98.2 Å². The molecule has 1 aromatic carbocycles. The number of nitrogens with one attached hydrogen (secondary N) is 1. The standard InChI is InChI=1S/C24H25Cl2N3O3S/c1-11-17(20(29-32-11)19-14(25)6-5-7-15(19)26)22(31)28-23-18(21(27)30)13-9-8-12(24(2,3)4)10-16(13)33-23/h5-7,12H,8-10H2,1-4H3,(H2,27,30)(H,28,31)/t12-/m1/s1. The predicted molar refractivity (Wildman–Crippen MR) is 132 cm³/mol. The molecule has 0 aliphatic heterocycles. The Morgan fingerprint density at radius 1 is 1.21 bits per heavy atom. The first-order valence-corrected chi connectivity index (χ1v) is 12.2. The van der Waals surface area contributed by atoms with Gasteiger partial charge in [-0.1, -0.05) is 55.2 Å². The van der Waals surface area contributed by atoms with Crippen molar-refractivity contribution in [3.8, 4) is 11.3 Å². The van der Waals surface area contributed by atoms with E-state index in [0.29, 0.717) is 37.9 Å². The van der Waals surface area contributed by atoms with Gasteiger partial charge in [0.05, 0.1) is 15.6 Å². The van der Waals surface area contributed by atoms with E-state index >= 15 is 0 Å². The molecule has 174 valence electrons. The van der Waals surface area contributed by atoms with Crippen LogP contribution in [0.3, 0.4) is 0 Å². The van der Waals surface area contributed by atoms with Crippen molar-refractivity contribution in [1.29, 1.82) is 0 Å². The lowest BCUT2D eigenvalue weighted by atomic mass is 9.72. The van der Waals surface area contributed by atoms with Crippen LogP contribution in [0.2, 0.25) is 10.0 Å². The first-order valence-electron chi connectivity index (χ1n) is 10.6. The van der Waals surface area contributed by atoms with Gasteiger partial charge < -0.3 is 15.6 Å². The summed E-state index contributed by atoms with van der Waals surface area (Å²) in [6.45, 7) is 8.32. The molecule has 3 N–H and O–H groups in total. The number of nitrogens with zero attached hydrogens (tertiary/aromatic N) is 1. The summed E-state index contributed by atoms with van der Waals surface area (Å²) in [7, 11) is 0. The molecule has 2 aromatic heterocycles. The minimum Gasteiger partial charge on any atom is -0.365 e. The van der Waals surface area contributed by atoms with Crippen LogP contribution in [0.15, 0.2) is 22.7 Å². The van der Waals surface area contributed by atoms with E-state index in [9.17, 15) is 9.59 Å². The summed E-state index contributed by atoms with van der Waals surface area (Å²) in [5.74, 6) is -0.211. The number of nitrogens with two attached hydrogens (primary N) is 1. The van der Waals surface area contributed by atoms with Crippen LogP contribution in [-0.2, 0) is 12.8 Å². The van der Waals surface area contributed by atoms with Crippen molar-refractivity contribution >= 4 is 51.4 Å². The number of hydrogen-bond acceptors (Lipinski definition) is 5. The fourth-order valence-electron chi connectivity index (χ4n) is 4.37. The maximum atomic E-state index is 13.4. The molecule has 2 heterocycles. The average Bonchev–Trinajstić information content (AvgIpc) is 3.26. The second kappa shape index (κ2) is 8.78. The summed E-state index contributed by atoms with van der Waals surface area (Å²) in [5, 5.41) is 8.07. The van der Waals surface area contributed by atoms with E-state index in [4.69, 9.17) is 33.5 Å². The predicted octanol–water partition coefficient (Wildman–Crippen LogP) is 6.52. The van der Waals surface area contributed by atoms with Gasteiger partial charge in [0.1, 0.15) is 22.0 Å². The number of thiophene rings is 1. The second-order valence-electron chi connectivity index (χ2n) is 9.39. The number of amides is 2. The van der Waals surface area contributed by atoms with Crippen LogP contribution in [0.5, 0.6) is 0 Å². The van der Waals surface area contributed by atoms with Gasteiger partial charge in [-0.3, -0.25) is 9.59 Å². The number of carbonyl (C=O) groups is 2.